The average Bonchev–Trinajstić information content (AvgIpc) is 2.59. The number of rotatable bonds is 2. The summed E-state index contributed by atoms with van der Waals surface area (Å²) in [7, 11) is 0. The van der Waals surface area contributed by atoms with Gasteiger partial charge in [0.05, 0.1) is 13.9 Å². The highest BCUT2D eigenvalue weighted by Gasteiger charge is 2.24. The Balaban J connectivity index is 2.12. The highest BCUT2D eigenvalue weighted by atomic mass is 79.9. The number of halogens is 2. The van der Waals surface area contributed by atoms with E-state index >= 15 is 0 Å². The Labute approximate surface area is 114 Å². The fraction of sp³-hybridized carbons (Fsp3) is 0.500. The van der Waals surface area contributed by atoms with Crippen LogP contribution < -0.4 is 0 Å². The van der Waals surface area contributed by atoms with Crippen molar-refractivity contribution < 1.29 is 4.79 Å². The van der Waals surface area contributed by atoms with Crippen LogP contribution in [0.1, 0.15) is 28.9 Å². The molecule has 1 unspecified atom stereocenters. The van der Waals surface area contributed by atoms with Gasteiger partial charge in [-0.3, -0.25) is 4.79 Å². The van der Waals surface area contributed by atoms with Crippen LogP contribution in [0.2, 0.25) is 0 Å². The van der Waals surface area contributed by atoms with Crippen molar-refractivity contribution in [3.05, 3.63) is 19.2 Å². The molecule has 1 fully saturated rings. The lowest BCUT2D eigenvalue weighted by Crippen LogP contribution is -2.19. The minimum Gasteiger partial charge on any atom is -0.292 e. The van der Waals surface area contributed by atoms with E-state index in [1.807, 2.05) is 17.8 Å². The van der Waals surface area contributed by atoms with Gasteiger partial charge in [-0.2, -0.15) is 11.8 Å². The van der Waals surface area contributed by atoms with Gasteiger partial charge in [0.1, 0.15) is 0 Å². The summed E-state index contributed by atoms with van der Waals surface area (Å²) in [6.45, 7) is 0. The Morgan fingerprint density at radius 2 is 2.20 bits per heavy atom. The van der Waals surface area contributed by atoms with Crippen LogP contribution in [0.25, 0.3) is 0 Å². The van der Waals surface area contributed by atoms with Crippen molar-refractivity contribution in [2.45, 2.75) is 24.5 Å². The van der Waals surface area contributed by atoms with E-state index in [4.69, 9.17) is 0 Å². The van der Waals surface area contributed by atoms with Crippen LogP contribution in [0.5, 0.6) is 0 Å². The van der Waals surface area contributed by atoms with E-state index in [0.29, 0.717) is 5.78 Å². The Hall–Kier alpha value is 0.680. The second-order valence-electron chi connectivity index (χ2n) is 3.45. The Morgan fingerprint density at radius 3 is 2.73 bits per heavy atom. The highest BCUT2D eigenvalue weighted by molar-refractivity contribution is 9.13. The van der Waals surface area contributed by atoms with E-state index in [-0.39, 0.29) is 5.25 Å². The van der Waals surface area contributed by atoms with Crippen LogP contribution in [0.15, 0.2) is 14.3 Å². The van der Waals surface area contributed by atoms with Crippen molar-refractivity contribution in [2.24, 2.45) is 0 Å². The summed E-state index contributed by atoms with van der Waals surface area (Å²) in [6.07, 6.45) is 3.49. The number of thioether (sulfide) groups is 1. The van der Waals surface area contributed by atoms with E-state index in [9.17, 15) is 4.79 Å². The van der Waals surface area contributed by atoms with Gasteiger partial charge in [-0.1, -0.05) is 6.42 Å². The maximum atomic E-state index is 12.1. The molecular formula is C10H10Br2OS2. The standard InChI is InChI=1S/C10H10Br2OS2/c11-6-5-8(15-10(6)12)9(13)7-3-1-2-4-14-7/h5,7H,1-4H2. The molecule has 0 spiro atoms. The number of Topliss-reactive ketones (excluding diaryl/α,β-unsaturated/α-hetero) is 1. The van der Waals surface area contributed by atoms with Gasteiger partial charge in [0.2, 0.25) is 0 Å². The smallest absolute Gasteiger partial charge is 0.185 e. The topological polar surface area (TPSA) is 17.1 Å². The Morgan fingerprint density at radius 1 is 1.40 bits per heavy atom. The molecule has 0 saturated carbocycles. The first kappa shape index (κ1) is 12.1. The molecular weight excluding hydrogens is 360 g/mol. The number of carbonyl (C=O) groups excluding carboxylic acids is 1. The summed E-state index contributed by atoms with van der Waals surface area (Å²) in [5, 5.41) is 0.191. The first-order valence-corrected chi connectivity index (χ1v) is 8.24. The van der Waals surface area contributed by atoms with Crippen molar-refractivity contribution in [1.82, 2.24) is 0 Å². The van der Waals surface area contributed by atoms with Gasteiger partial charge in [-0.05, 0) is 56.5 Å². The predicted molar refractivity (Wildman–Crippen MR) is 74.1 cm³/mol. The number of carbonyl (C=O) groups is 1. The van der Waals surface area contributed by atoms with Crippen LogP contribution in [-0.4, -0.2) is 16.8 Å². The summed E-state index contributed by atoms with van der Waals surface area (Å²) in [5.41, 5.74) is 0. The van der Waals surface area contributed by atoms with Crippen LogP contribution in [0, 0.1) is 0 Å². The molecule has 0 N–H and O–H groups in total. The Bertz CT molecular complexity index is 350. The molecule has 1 nitrogen and oxygen atoms in total. The fourth-order valence-electron chi connectivity index (χ4n) is 1.57. The lowest BCUT2D eigenvalue weighted by Gasteiger charge is -2.18. The SMILES string of the molecule is O=C(c1cc(Br)c(Br)s1)C1CCCCS1. The van der Waals surface area contributed by atoms with E-state index in [1.165, 1.54) is 24.2 Å². The second kappa shape index (κ2) is 5.34. The lowest BCUT2D eigenvalue weighted by atomic mass is 10.1. The average molecular weight is 370 g/mol. The van der Waals surface area contributed by atoms with Gasteiger partial charge in [-0.25, -0.2) is 0 Å². The molecule has 0 radical (unpaired) electrons. The maximum absolute atomic E-state index is 12.1. The quantitative estimate of drug-likeness (QED) is 0.700. The van der Waals surface area contributed by atoms with Gasteiger partial charge < -0.3 is 0 Å². The summed E-state index contributed by atoms with van der Waals surface area (Å²) < 4.78 is 1.99. The molecule has 1 aliphatic rings. The summed E-state index contributed by atoms with van der Waals surface area (Å²) in [6, 6.07) is 1.92. The van der Waals surface area contributed by atoms with Crippen molar-refractivity contribution in [3.8, 4) is 0 Å². The van der Waals surface area contributed by atoms with Gasteiger partial charge in [0.25, 0.3) is 0 Å². The number of ketones is 1. The Kier molecular flexibility index (Phi) is 4.32. The van der Waals surface area contributed by atoms with Crippen molar-refractivity contribution in [3.63, 3.8) is 0 Å². The first-order valence-electron chi connectivity index (χ1n) is 4.79. The molecule has 0 aromatic carbocycles. The minimum atomic E-state index is 0.191. The molecule has 0 bridgehead atoms. The summed E-state index contributed by atoms with van der Waals surface area (Å²) in [5.74, 6) is 1.43. The third-order valence-corrected chi connectivity index (χ3v) is 7.01. The first-order chi connectivity index (χ1) is 7.18. The molecule has 1 aromatic heterocycles. The molecule has 0 amide bonds. The van der Waals surface area contributed by atoms with Gasteiger partial charge in [0, 0.05) is 4.47 Å². The van der Waals surface area contributed by atoms with Gasteiger partial charge >= 0.3 is 0 Å². The van der Waals surface area contributed by atoms with Crippen molar-refractivity contribution in [1.29, 1.82) is 0 Å². The molecule has 1 aromatic rings. The molecule has 2 heterocycles. The fourth-order valence-corrected chi connectivity index (χ4v) is 4.95. The largest absolute Gasteiger partial charge is 0.292 e. The normalized spacial score (nSPS) is 21.6. The molecule has 1 saturated heterocycles. The number of thiophene rings is 1. The molecule has 0 aliphatic carbocycles. The van der Waals surface area contributed by atoms with Crippen LogP contribution >= 0.6 is 55.0 Å². The molecule has 1 aliphatic heterocycles. The van der Waals surface area contributed by atoms with Gasteiger partial charge in [0.15, 0.2) is 5.78 Å². The summed E-state index contributed by atoms with van der Waals surface area (Å²) >= 11 is 10.2. The maximum Gasteiger partial charge on any atom is 0.185 e. The van der Waals surface area contributed by atoms with Gasteiger partial charge in [-0.15, -0.1) is 11.3 Å². The monoisotopic (exact) mass is 368 g/mol. The molecule has 15 heavy (non-hydrogen) atoms. The van der Waals surface area contributed by atoms with E-state index in [1.54, 1.807) is 0 Å². The van der Waals surface area contributed by atoms with Crippen molar-refractivity contribution >= 4 is 60.7 Å². The third kappa shape index (κ3) is 2.87. The lowest BCUT2D eigenvalue weighted by molar-refractivity contribution is 0.0988. The number of hydrogen-bond donors (Lipinski definition) is 0. The third-order valence-electron chi connectivity index (χ3n) is 2.36. The molecule has 82 valence electrons. The second-order valence-corrected chi connectivity index (χ2v) is 7.99. The predicted octanol–water partition coefficient (Wildman–Crippen LogP) is 4.74. The van der Waals surface area contributed by atoms with E-state index in [0.717, 1.165) is 25.3 Å². The molecule has 5 heteroatoms. The zero-order valence-corrected chi connectivity index (χ0v) is 12.8. The van der Waals surface area contributed by atoms with E-state index < -0.39 is 0 Å². The van der Waals surface area contributed by atoms with Crippen LogP contribution in [-0.2, 0) is 0 Å². The zero-order valence-electron chi connectivity index (χ0n) is 7.96. The minimum absolute atomic E-state index is 0.191. The van der Waals surface area contributed by atoms with E-state index in [2.05, 4.69) is 31.9 Å². The molecule has 2 rings (SSSR count). The number of hydrogen-bond acceptors (Lipinski definition) is 3. The van der Waals surface area contributed by atoms with Crippen LogP contribution in [0.3, 0.4) is 0 Å². The van der Waals surface area contributed by atoms with Crippen molar-refractivity contribution in [2.75, 3.05) is 5.75 Å². The summed E-state index contributed by atoms with van der Waals surface area (Å²) in [4.78, 5) is 13.0. The molecule has 1 atom stereocenters. The highest BCUT2D eigenvalue weighted by Crippen LogP contribution is 2.36. The van der Waals surface area contributed by atoms with Crippen LogP contribution in [0.4, 0.5) is 0 Å². The zero-order chi connectivity index (χ0) is 10.8.